The Kier molecular flexibility index (Phi) is 3.91. The summed E-state index contributed by atoms with van der Waals surface area (Å²) in [5.74, 6) is 0.649. The van der Waals surface area contributed by atoms with Crippen LogP contribution in [0.3, 0.4) is 0 Å². The lowest BCUT2D eigenvalue weighted by atomic mass is 9.79. The third-order valence-electron chi connectivity index (χ3n) is 5.23. The van der Waals surface area contributed by atoms with Crippen LogP contribution >= 0.6 is 11.3 Å². The standard InChI is InChI=1S/C18H21N3OS/c1-12-16(13-7-9-21(12)10-8-13)20-17(22)15-11-19-18(23-15)14-5-3-2-4-6-14/h2-6,11-13,16H,7-10H2,1H3,(H,20,22)/t12-,16-/m0/s1. The van der Waals surface area contributed by atoms with Crippen molar-refractivity contribution in [1.82, 2.24) is 15.2 Å². The summed E-state index contributed by atoms with van der Waals surface area (Å²) in [5, 5.41) is 4.17. The second-order valence-electron chi connectivity index (χ2n) is 6.51. The third kappa shape index (κ3) is 2.79. The van der Waals surface area contributed by atoms with Crippen LogP contribution in [0.5, 0.6) is 0 Å². The van der Waals surface area contributed by atoms with Crippen molar-refractivity contribution in [2.75, 3.05) is 13.1 Å². The Hall–Kier alpha value is -1.72. The van der Waals surface area contributed by atoms with Crippen LogP contribution in [0.1, 0.15) is 29.4 Å². The minimum absolute atomic E-state index is 0.0234. The number of hydrogen-bond donors (Lipinski definition) is 1. The Morgan fingerprint density at radius 3 is 2.70 bits per heavy atom. The molecule has 120 valence electrons. The van der Waals surface area contributed by atoms with Crippen LogP contribution in [-0.2, 0) is 0 Å². The van der Waals surface area contributed by atoms with Crippen LogP contribution in [0.15, 0.2) is 36.5 Å². The average Bonchev–Trinajstić information content (AvgIpc) is 3.09. The van der Waals surface area contributed by atoms with Crippen molar-refractivity contribution < 1.29 is 4.79 Å². The van der Waals surface area contributed by atoms with E-state index in [2.05, 4.69) is 22.1 Å². The fraction of sp³-hybridized carbons (Fsp3) is 0.444. The van der Waals surface area contributed by atoms with Crippen LogP contribution in [0.2, 0.25) is 0 Å². The van der Waals surface area contributed by atoms with Crippen molar-refractivity contribution in [3.05, 3.63) is 41.4 Å². The van der Waals surface area contributed by atoms with Crippen molar-refractivity contribution in [3.8, 4) is 10.6 Å². The fourth-order valence-corrected chi connectivity index (χ4v) is 4.69. The Morgan fingerprint density at radius 2 is 2.00 bits per heavy atom. The number of aromatic nitrogens is 1. The lowest BCUT2D eigenvalue weighted by Gasteiger charge is -2.49. The number of carbonyl (C=O) groups excluding carboxylic acids is 1. The second-order valence-corrected chi connectivity index (χ2v) is 7.54. The molecule has 3 aliphatic rings. The molecule has 1 aromatic carbocycles. The van der Waals surface area contributed by atoms with Gasteiger partial charge in [0.1, 0.15) is 9.88 Å². The maximum Gasteiger partial charge on any atom is 0.263 e. The van der Waals surface area contributed by atoms with E-state index in [-0.39, 0.29) is 11.9 Å². The minimum Gasteiger partial charge on any atom is -0.347 e. The summed E-state index contributed by atoms with van der Waals surface area (Å²) < 4.78 is 0. The first-order valence-corrected chi connectivity index (χ1v) is 9.10. The van der Waals surface area contributed by atoms with Crippen molar-refractivity contribution in [1.29, 1.82) is 0 Å². The highest BCUT2D eigenvalue weighted by atomic mass is 32.1. The number of carbonyl (C=O) groups is 1. The van der Waals surface area contributed by atoms with Gasteiger partial charge in [-0.1, -0.05) is 30.3 Å². The highest BCUT2D eigenvalue weighted by Gasteiger charge is 2.40. The summed E-state index contributed by atoms with van der Waals surface area (Å²) in [6, 6.07) is 10.7. The van der Waals surface area contributed by atoms with Crippen molar-refractivity contribution in [2.45, 2.75) is 31.8 Å². The molecule has 0 unspecified atom stereocenters. The van der Waals surface area contributed by atoms with Gasteiger partial charge in [0.15, 0.2) is 0 Å². The van der Waals surface area contributed by atoms with E-state index in [4.69, 9.17) is 0 Å². The van der Waals surface area contributed by atoms with Gasteiger partial charge in [0.25, 0.3) is 5.91 Å². The zero-order chi connectivity index (χ0) is 15.8. The number of thiazole rings is 1. The first-order valence-electron chi connectivity index (χ1n) is 8.28. The Morgan fingerprint density at radius 1 is 1.26 bits per heavy atom. The molecule has 0 aliphatic carbocycles. The van der Waals surface area contributed by atoms with E-state index in [0.29, 0.717) is 16.8 Å². The van der Waals surface area contributed by atoms with Crippen molar-refractivity contribution >= 4 is 17.2 Å². The predicted octanol–water partition coefficient (Wildman–Crippen LogP) is 3.02. The number of benzene rings is 1. The van der Waals surface area contributed by atoms with Crippen LogP contribution in [0.25, 0.3) is 10.6 Å². The molecule has 4 nitrogen and oxygen atoms in total. The summed E-state index contributed by atoms with van der Waals surface area (Å²) in [6.07, 6.45) is 4.11. The molecule has 5 heteroatoms. The maximum atomic E-state index is 12.6. The number of fused-ring (bicyclic) bond motifs is 3. The quantitative estimate of drug-likeness (QED) is 0.942. The number of amides is 1. The van der Waals surface area contributed by atoms with Gasteiger partial charge < -0.3 is 5.32 Å². The molecule has 1 aromatic heterocycles. The van der Waals surface area contributed by atoms with E-state index in [1.54, 1.807) is 6.20 Å². The van der Waals surface area contributed by atoms with Crippen molar-refractivity contribution in [3.63, 3.8) is 0 Å². The van der Waals surface area contributed by atoms with Gasteiger partial charge in [-0.2, -0.15) is 0 Å². The largest absolute Gasteiger partial charge is 0.347 e. The maximum absolute atomic E-state index is 12.6. The minimum atomic E-state index is 0.0234. The lowest BCUT2D eigenvalue weighted by molar-refractivity contribution is 0.0218. The monoisotopic (exact) mass is 327 g/mol. The normalized spacial score (nSPS) is 29.4. The number of rotatable bonds is 3. The molecule has 2 aromatic rings. The molecule has 0 spiro atoms. The van der Waals surface area contributed by atoms with Gasteiger partial charge in [-0.15, -0.1) is 11.3 Å². The molecule has 5 rings (SSSR count). The van der Waals surface area contributed by atoms with Gasteiger partial charge in [0.05, 0.1) is 6.20 Å². The zero-order valence-corrected chi connectivity index (χ0v) is 14.1. The zero-order valence-electron chi connectivity index (χ0n) is 13.2. The Balaban J connectivity index is 1.49. The van der Waals surface area contributed by atoms with E-state index in [9.17, 15) is 4.79 Å². The third-order valence-corrected chi connectivity index (χ3v) is 6.27. The number of hydrogen-bond acceptors (Lipinski definition) is 4. The molecule has 0 radical (unpaired) electrons. The molecule has 1 amide bonds. The van der Waals surface area contributed by atoms with Gasteiger partial charge >= 0.3 is 0 Å². The molecule has 1 N–H and O–H groups in total. The molecular weight excluding hydrogens is 306 g/mol. The molecule has 3 saturated heterocycles. The first-order chi connectivity index (χ1) is 11.2. The molecule has 23 heavy (non-hydrogen) atoms. The topological polar surface area (TPSA) is 45.2 Å². The Bertz CT molecular complexity index is 689. The summed E-state index contributed by atoms with van der Waals surface area (Å²) in [4.78, 5) is 20.2. The molecule has 0 saturated carbocycles. The number of piperidine rings is 3. The second kappa shape index (κ2) is 6.06. The van der Waals surface area contributed by atoms with Gasteiger partial charge in [-0.25, -0.2) is 4.98 Å². The van der Waals surface area contributed by atoms with Crippen LogP contribution in [-0.4, -0.2) is 41.0 Å². The van der Waals surface area contributed by atoms with Gasteiger partial charge in [0, 0.05) is 17.6 Å². The first kappa shape index (κ1) is 14.8. The van der Waals surface area contributed by atoms with E-state index < -0.39 is 0 Å². The summed E-state index contributed by atoms with van der Waals surface area (Å²) in [5.41, 5.74) is 1.06. The molecule has 2 atom stereocenters. The van der Waals surface area contributed by atoms with E-state index >= 15 is 0 Å². The van der Waals surface area contributed by atoms with Crippen LogP contribution in [0.4, 0.5) is 0 Å². The van der Waals surface area contributed by atoms with Crippen LogP contribution < -0.4 is 5.32 Å². The summed E-state index contributed by atoms with van der Waals surface area (Å²) >= 11 is 1.47. The SMILES string of the molecule is C[C@H]1[C@H](NC(=O)c2cnc(-c3ccccc3)s2)C2CCN1CC2. The average molecular weight is 327 g/mol. The molecule has 4 heterocycles. The molecule has 3 aliphatic heterocycles. The smallest absolute Gasteiger partial charge is 0.263 e. The Labute approximate surface area is 140 Å². The summed E-state index contributed by atoms with van der Waals surface area (Å²) in [7, 11) is 0. The number of nitrogens with one attached hydrogen (secondary N) is 1. The van der Waals surface area contributed by atoms with Crippen molar-refractivity contribution in [2.24, 2.45) is 5.92 Å². The highest BCUT2D eigenvalue weighted by molar-refractivity contribution is 7.16. The lowest BCUT2D eigenvalue weighted by Crippen LogP contribution is -2.62. The van der Waals surface area contributed by atoms with E-state index in [0.717, 1.165) is 10.6 Å². The molecular formula is C18H21N3OS. The van der Waals surface area contributed by atoms with Gasteiger partial charge in [-0.05, 0) is 38.8 Å². The molecule has 2 bridgehead atoms. The van der Waals surface area contributed by atoms with E-state index in [1.807, 2.05) is 30.3 Å². The fourth-order valence-electron chi connectivity index (χ4n) is 3.86. The van der Waals surface area contributed by atoms with Crippen LogP contribution in [0, 0.1) is 5.92 Å². The number of nitrogens with zero attached hydrogens (tertiary/aromatic N) is 2. The summed E-state index contributed by atoms with van der Waals surface area (Å²) in [6.45, 7) is 4.59. The van der Waals surface area contributed by atoms with Gasteiger partial charge in [-0.3, -0.25) is 9.69 Å². The molecule has 3 fully saturated rings. The highest BCUT2D eigenvalue weighted by Crippen LogP contribution is 2.32. The van der Waals surface area contributed by atoms with E-state index in [1.165, 1.54) is 37.3 Å². The van der Waals surface area contributed by atoms with Gasteiger partial charge in [0.2, 0.25) is 0 Å². The predicted molar refractivity (Wildman–Crippen MR) is 92.6 cm³/mol.